The van der Waals surface area contributed by atoms with Crippen LogP contribution < -0.4 is 10.6 Å². The minimum absolute atomic E-state index is 0.0247. The van der Waals surface area contributed by atoms with Gasteiger partial charge in [-0.05, 0) is 68.7 Å². The van der Waals surface area contributed by atoms with Gasteiger partial charge in [-0.1, -0.05) is 31.2 Å². The Hall–Kier alpha value is -1.55. The summed E-state index contributed by atoms with van der Waals surface area (Å²) in [6.45, 7) is 6.78. The highest BCUT2D eigenvalue weighted by Crippen LogP contribution is 2.30. The average molecular weight is 329 g/mol. The van der Waals surface area contributed by atoms with Gasteiger partial charge in [0.25, 0.3) is 0 Å². The molecule has 1 aromatic carbocycles. The van der Waals surface area contributed by atoms with Crippen LogP contribution in [0.1, 0.15) is 56.2 Å². The third-order valence-corrected chi connectivity index (χ3v) is 5.37. The van der Waals surface area contributed by atoms with Crippen molar-refractivity contribution >= 4 is 6.03 Å². The number of aryl methyl sites for hydroxylation is 1. The molecule has 132 valence electrons. The number of piperidine rings is 1. The van der Waals surface area contributed by atoms with Crippen molar-refractivity contribution < 1.29 is 4.79 Å². The van der Waals surface area contributed by atoms with Gasteiger partial charge in [-0.15, -0.1) is 0 Å². The highest BCUT2D eigenvalue weighted by molar-refractivity contribution is 5.74. The highest BCUT2D eigenvalue weighted by atomic mass is 16.2. The number of rotatable bonds is 6. The molecule has 0 radical (unpaired) electrons. The zero-order chi connectivity index (χ0) is 16.8. The molecule has 4 heteroatoms. The van der Waals surface area contributed by atoms with E-state index in [2.05, 4.69) is 46.7 Å². The Kier molecular flexibility index (Phi) is 6.13. The minimum atomic E-state index is -0.0247. The Bertz CT molecular complexity index is 545. The summed E-state index contributed by atoms with van der Waals surface area (Å²) in [7, 11) is 0. The van der Waals surface area contributed by atoms with Gasteiger partial charge in [-0.25, -0.2) is 4.79 Å². The quantitative estimate of drug-likeness (QED) is 0.785. The monoisotopic (exact) mass is 329 g/mol. The molecule has 1 aliphatic carbocycles. The van der Waals surface area contributed by atoms with Crippen LogP contribution in [0.4, 0.5) is 4.79 Å². The molecule has 24 heavy (non-hydrogen) atoms. The topological polar surface area (TPSA) is 44.4 Å². The molecule has 2 N–H and O–H groups in total. The van der Waals surface area contributed by atoms with E-state index in [0.29, 0.717) is 0 Å². The van der Waals surface area contributed by atoms with Gasteiger partial charge in [0, 0.05) is 13.1 Å². The van der Waals surface area contributed by atoms with Crippen LogP contribution in [0.2, 0.25) is 0 Å². The number of nitrogens with zero attached hydrogens (tertiary/aromatic N) is 1. The lowest BCUT2D eigenvalue weighted by Crippen LogP contribution is -2.38. The second-order valence-corrected chi connectivity index (χ2v) is 7.45. The number of carbonyl (C=O) groups excluding carboxylic acids is 1. The number of hydrogen-bond acceptors (Lipinski definition) is 2. The van der Waals surface area contributed by atoms with Gasteiger partial charge in [-0.3, -0.25) is 0 Å². The summed E-state index contributed by atoms with van der Waals surface area (Å²) in [6, 6.07) is 8.57. The van der Waals surface area contributed by atoms with Gasteiger partial charge in [0.1, 0.15) is 0 Å². The molecule has 2 atom stereocenters. The van der Waals surface area contributed by atoms with E-state index in [9.17, 15) is 4.79 Å². The van der Waals surface area contributed by atoms with Gasteiger partial charge in [0.05, 0.1) is 6.04 Å². The molecule has 1 aliphatic heterocycles. The second-order valence-electron chi connectivity index (χ2n) is 7.45. The summed E-state index contributed by atoms with van der Waals surface area (Å²) in [5.74, 6) is 0.844. The SMILES string of the molecule is C[C@@H]1CCCN(CCCCNC(=O)N[C@H]2CCc3ccccc32)C1. The molecule has 1 saturated heterocycles. The Morgan fingerprint density at radius 1 is 1.25 bits per heavy atom. The smallest absolute Gasteiger partial charge is 0.315 e. The summed E-state index contributed by atoms with van der Waals surface area (Å²) in [5.41, 5.74) is 2.66. The van der Waals surface area contributed by atoms with E-state index < -0.39 is 0 Å². The molecule has 0 unspecified atom stereocenters. The van der Waals surface area contributed by atoms with Crippen LogP contribution in [-0.4, -0.2) is 37.1 Å². The van der Waals surface area contributed by atoms with Crippen LogP contribution in [0, 0.1) is 5.92 Å². The van der Waals surface area contributed by atoms with E-state index in [1.165, 1.54) is 50.0 Å². The first kappa shape index (κ1) is 17.3. The number of likely N-dealkylation sites (tertiary alicyclic amines) is 1. The zero-order valence-electron chi connectivity index (χ0n) is 14.9. The maximum atomic E-state index is 12.1. The number of carbonyl (C=O) groups is 1. The Labute approximate surface area is 146 Å². The summed E-state index contributed by atoms with van der Waals surface area (Å²) >= 11 is 0. The van der Waals surface area contributed by atoms with Crippen LogP contribution in [0.3, 0.4) is 0 Å². The molecule has 1 heterocycles. The number of unbranched alkanes of at least 4 members (excludes halogenated alkanes) is 1. The highest BCUT2D eigenvalue weighted by Gasteiger charge is 2.23. The molecule has 1 fully saturated rings. The fraction of sp³-hybridized carbons (Fsp3) is 0.650. The van der Waals surface area contributed by atoms with Crippen molar-refractivity contribution in [2.45, 2.75) is 51.5 Å². The summed E-state index contributed by atoms with van der Waals surface area (Å²) in [4.78, 5) is 14.7. The molecule has 0 spiro atoms. The first-order chi connectivity index (χ1) is 11.7. The van der Waals surface area contributed by atoms with Gasteiger partial charge >= 0.3 is 6.03 Å². The van der Waals surface area contributed by atoms with E-state index in [1.54, 1.807) is 0 Å². The van der Waals surface area contributed by atoms with Crippen molar-refractivity contribution in [3.05, 3.63) is 35.4 Å². The zero-order valence-corrected chi connectivity index (χ0v) is 14.9. The molecule has 0 aromatic heterocycles. The lowest BCUT2D eigenvalue weighted by molar-refractivity contribution is 0.181. The average Bonchev–Trinajstić information content (AvgIpc) is 2.98. The lowest BCUT2D eigenvalue weighted by Gasteiger charge is -2.30. The first-order valence-corrected chi connectivity index (χ1v) is 9.57. The molecule has 1 aromatic rings. The maximum Gasteiger partial charge on any atom is 0.315 e. The van der Waals surface area contributed by atoms with Gasteiger partial charge < -0.3 is 15.5 Å². The lowest BCUT2D eigenvalue weighted by atomic mass is 10.0. The fourth-order valence-corrected chi connectivity index (χ4v) is 4.07. The van der Waals surface area contributed by atoms with E-state index in [-0.39, 0.29) is 12.1 Å². The van der Waals surface area contributed by atoms with Gasteiger partial charge in [0.15, 0.2) is 0 Å². The number of amides is 2. The van der Waals surface area contributed by atoms with E-state index in [4.69, 9.17) is 0 Å². The summed E-state index contributed by atoms with van der Waals surface area (Å²) < 4.78 is 0. The Morgan fingerprint density at radius 2 is 2.12 bits per heavy atom. The van der Waals surface area contributed by atoms with Crippen LogP contribution >= 0.6 is 0 Å². The van der Waals surface area contributed by atoms with E-state index in [1.807, 2.05) is 0 Å². The molecule has 2 amide bonds. The summed E-state index contributed by atoms with van der Waals surface area (Å²) in [6.07, 6.45) is 7.02. The van der Waals surface area contributed by atoms with Crippen molar-refractivity contribution in [1.82, 2.24) is 15.5 Å². The number of nitrogens with one attached hydrogen (secondary N) is 2. The Balaban J connectivity index is 1.29. The number of fused-ring (bicyclic) bond motifs is 1. The standard InChI is InChI=1S/C20H31N3O/c1-16-7-6-14-23(15-16)13-5-4-12-21-20(24)22-19-11-10-17-8-2-3-9-18(17)19/h2-3,8-9,16,19H,4-7,10-15H2,1H3,(H2,21,22,24)/t16-,19+/m1/s1. The molecule has 4 nitrogen and oxygen atoms in total. The van der Waals surface area contributed by atoms with Gasteiger partial charge in [0.2, 0.25) is 0 Å². The normalized spacial score (nSPS) is 23.7. The molecule has 2 aliphatic rings. The van der Waals surface area contributed by atoms with E-state index in [0.717, 1.165) is 31.7 Å². The maximum absolute atomic E-state index is 12.1. The van der Waals surface area contributed by atoms with Crippen LogP contribution in [0.25, 0.3) is 0 Å². The minimum Gasteiger partial charge on any atom is -0.338 e. The second kappa shape index (κ2) is 8.52. The fourth-order valence-electron chi connectivity index (χ4n) is 4.07. The molecule has 0 bridgehead atoms. The third kappa shape index (κ3) is 4.73. The Morgan fingerprint density at radius 3 is 3.00 bits per heavy atom. The first-order valence-electron chi connectivity index (χ1n) is 9.57. The number of benzene rings is 1. The predicted molar refractivity (Wildman–Crippen MR) is 98.1 cm³/mol. The molecule has 3 rings (SSSR count). The third-order valence-electron chi connectivity index (χ3n) is 5.37. The van der Waals surface area contributed by atoms with Crippen LogP contribution in [0.15, 0.2) is 24.3 Å². The van der Waals surface area contributed by atoms with Crippen LogP contribution in [-0.2, 0) is 6.42 Å². The van der Waals surface area contributed by atoms with Crippen molar-refractivity contribution in [2.24, 2.45) is 5.92 Å². The number of urea groups is 1. The molecular weight excluding hydrogens is 298 g/mol. The van der Waals surface area contributed by atoms with E-state index >= 15 is 0 Å². The predicted octanol–water partition coefficient (Wildman–Crippen LogP) is 3.49. The molecule has 0 saturated carbocycles. The van der Waals surface area contributed by atoms with Crippen molar-refractivity contribution in [1.29, 1.82) is 0 Å². The van der Waals surface area contributed by atoms with Crippen molar-refractivity contribution in [3.63, 3.8) is 0 Å². The molecular formula is C20H31N3O. The van der Waals surface area contributed by atoms with Crippen LogP contribution in [0.5, 0.6) is 0 Å². The number of hydrogen-bond donors (Lipinski definition) is 2. The van der Waals surface area contributed by atoms with Crippen molar-refractivity contribution in [2.75, 3.05) is 26.2 Å². The van der Waals surface area contributed by atoms with Gasteiger partial charge in [-0.2, -0.15) is 0 Å². The summed E-state index contributed by atoms with van der Waals surface area (Å²) in [5, 5.41) is 6.14. The van der Waals surface area contributed by atoms with Crippen molar-refractivity contribution in [3.8, 4) is 0 Å². The largest absolute Gasteiger partial charge is 0.338 e.